The predicted molar refractivity (Wildman–Crippen MR) is 135 cm³/mol. The van der Waals surface area contributed by atoms with Crippen molar-refractivity contribution >= 4 is 16.9 Å². The van der Waals surface area contributed by atoms with Crippen molar-refractivity contribution in [2.45, 2.75) is 39.5 Å². The first-order valence-corrected chi connectivity index (χ1v) is 11.8. The van der Waals surface area contributed by atoms with Gasteiger partial charge >= 0.3 is 5.97 Å². The summed E-state index contributed by atoms with van der Waals surface area (Å²) < 4.78 is 22.5. The summed E-state index contributed by atoms with van der Waals surface area (Å²) in [5.41, 5.74) is 2.27. The van der Waals surface area contributed by atoms with Gasteiger partial charge in [-0.1, -0.05) is 44.2 Å². The van der Waals surface area contributed by atoms with Crippen LogP contribution in [0.25, 0.3) is 11.0 Å². The van der Waals surface area contributed by atoms with Crippen molar-refractivity contribution in [1.29, 1.82) is 0 Å². The summed E-state index contributed by atoms with van der Waals surface area (Å²) in [6, 6.07) is 20.2. The molecule has 4 aromatic rings. The molecule has 0 aliphatic heterocycles. The first-order valence-electron chi connectivity index (χ1n) is 11.8. The lowest BCUT2D eigenvalue weighted by Gasteiger charge is -2.10. The number of ether oxygens (including phenoxy) is 3. The van der Waals surface area contributed by atoms with Gasteiger partial charge in [-0.3, -0.25) is 9.59 Å². The third kappa shape index (κ3) is 6.09. The van der Waals surface area contributed by atoms with Crippen LogP contribution in [0.5, 0.6) is 23.0 Å². The molecule has 0 fully saturated rings. The van der Waals surface area contributed by atoms with Crippen molar-refractivity contribution in [1.82, 2.24) is 0 Å². The molecule has 3 aromatic carbocycles. The van der Waals surface area contributed by atoms with Crippen LogP contribution in [0.1, 0.15) is 37.8 Å². The topological polar surface area (TPSA) is 75.0 Å². The Morgan fingerprint density at radius 3 is 2.43 bits per heavy atom. The van der Waals surface area contributed by atoms with Gasteiger partial charge in [0.2, 0.25) is 11.2 Å². The maximum Gasteiger partial charge on any atom is 0.311 e. The normalized spacial score (nSPS) is 10.8. The van der Waals surface area contributed by atoms with Crippen LogP contribution >= 0.6 is 0 Å². The zero-order chi connectivity index (χ0) is 24.6. The van der Waals surface area contributed by atoms with E-state index in [1.807, 2.05) is 55.5 Å². The van der Waals surface area contributed by atoms with E-state index in [1.165, 1.54) is 17.9 Å². The molecule has 35 heavy (non-hydrogen) atoms. The Morgan fingerprint density at radius 1 is 0.886 bits per heavy atom. The molecule has 0 unspecified atom stereocenters. The molecule has 0 radical (unpaired) electrons. The molecule has 0 aliphatic rings. The van der Waals surface area contributed by atoms with Crippen LogP contribution in [0.2, 0.25) is 0 Å². The largest absolute Gasteiger partial charge is 0.494 e. The van der Waals surface area contributed by atoms with Crippen LogP contribution in [0, 0.1) is 0 Å². The van der Waals surface area contributed by atoms with Crippen LogP contribution in [-0.2, 0) is 17.6 Å². The number of carbonyl (C=O) groups is 1. The Bertz CT molecular complexity index is 1350. The van der Waals surface area contributed by atoms with Gasteiger partial charge in [0, 0.05) is 12.5 Å². The first kappa shape index (κ1) is 24.1. The highest BCUT2D eigenvalue weighted by Crippen LogP contribution is 2.26. The maximum atomic E-state index is 12.9. The highest BCUT2D eigenvalue weighted by atomic mass is 16.5. The number of rotatable bonds is 10. The highest BCUT2D eigenvalue weighted by molar-refractivity contribution is 5.80. The SMILES string of the molecule is CCc1ccc(OCCCC(=O)Oc2ccc3c(=O)c(Oc4ccccc4CC)coc3c2)cc1. The molecule has 0 amide bonds. The highest BCUT2D eigenvalue weighted by Gasteiger charge is 2.13. The Kier molecular flexibility index (Phi) is 7.83. The number of hydrogen-bond acceptors (Lipinski definition) is 6. The van der Waals surface area contributed by atoms with Crippen molar-refractivity contribution < 1.29 is 23.4 Å². The Hall–Kier alpha value is -4.06. The molecule has 1 heterocycles. The van der Waals surface area contributed by atoms with E-state index >= 15 is 0 Å². The molecule has 180 valence electrons. The zero-order valence-corrected chi connectivity index (χ0v) is 19.9. The number of fused-ring (bicyclic) bond motifs is 1. The van der Waals surface area contributed by atoms with Crippen LogP contribution < -0.4 is 19.6 Å². The molecular formula is C29H28O6. The average Bonchev–Trinajstić information content (AvgIpc) is 2.89. The van der Waals surface area contributed by atoms with Crippen molar-refractivity contribution in [3.05, 3.63) is 94.3 Å². The van der Waals surface area contributed by atoms with Gasteiger partial charge in [-0.15, -0.1) is 0 Å². The standard InChI is InChI=1S/C29H28O6/c1-3-20-11-13-22(14-12-20)32-17-7-10-28(30)34-23-15-16-24-26(18-23)33-19-27(29(24)31)35-25-9-6-5-8-21(25)4-2/h5-6,8-9,11-16,18-19H,3-4,7,10,17H2,1-2H3. The van der Waals surface area contributed by atoms with Crippen LogP contribution in [0.4, 0.5) is 0 Å². The third-order valence-electron chi connectivity index (χ3n) is 5.65. The van der Waals surface area contributed by atoms with Gasteiger partial charge in [0.05, 0.1) is 12.0 Å². The maximum absolute atomic E-state index is 12.9. The summed E-state index contributed by atoms with van der Waals surface area (Å²) in [5.74, 6) is 1.43. The minimum absolute atomic E-state index is 0.104. The fraction of sp³-hybridized carbons (Fsp3) is 0.241. The van der Waals surface area contributed by atoms with E-state index in [4.69, 9.17) is 18.6 Å². The summed E-state index contributed by atoms with van der Waals surface area (Å²) in [6.45, 7) is 4.54. The molecule has 0 aliphatic carbocycles. The van der Waals surface area contributed by atoms with E-state index in [-0.39, 0.29) is 23.6 Å². The van der Waals surface area contributed by atoms with Crippen molar-refractivity contribution in [3.63, 3.8) is 0 Å². The summed E-state index contributed by atoms with van der Waals surface area (Å²) >= 11 is 0. The second kappa shape index (κ2) is 11.4. The smallest absolute Gasteiger partial charge is 0.311 e. The molecule has 1 aromatic heterocycles. The van der Waals surface area contributed by atoms with Gasteiger partial charge in [0.1, 0.15) is 29.1 Å². The lowest BCUT2D eigenvalue weighted by molar-refractivity contribution is -0.134. The molecule has 0 saturated heterocycles. The average molecular weight is 473 g/mol. The zero-order valence-electron chi connectivity index (χ0n) is 19.9. The Morgan fingerprint density at radius 2 is 1.66 bits per heavy atom. The molecule has 0 atom stereocenters. The van der Waals surface area contributed by atoms with Gasteiger partial charge in [-0.25, -0.2) is 0 Å². The van der Waals surface area contributed by atoms with Crippen LogP contribution in [-0.4, -0.2) is 12.6 Å². The van der Waals surface area contributed by atoms with Gasteiger partial charge < -0.3 is 18.6 Å². The number of esters is 1. The van der Waals surface area contributed by atoms with Gasteiger partial charge in [-0.2, -0.15) is 0 Å². The van der Waals surface area contributed by atoms with E-state index in [9.17, 15) is 9.59 Å². The minimum atomic E-state index is -0.382. The lowest BCUT2D eigenvalue weighted by Crippen LogP contribution is -2.10. The van der Waals surface area contributed by atoms with Crippen molar-refractivity contribution in [3.8, 4) is 23.0 Å². The van der Waals surface area contributed by atoms with E-state index in [2.05, 4.69) is 6.92 Å². The Balaban J connectivity index is 1.34. The summed E-state index contributed by atoms with van der Waals surface area (Å²) in [6.07, 6.45) is 3.78. The molecule has 0 saturated carbocycles. The summed E-state index contributed by atoms with van der Waals surface area (Å²) in [5, 5.41) is 0.346. The summed E-state index contributed by atoms with van der Waals surface area (Å²) in [4.78, 5) is 25.1. The van der Waals surface area contributed by atoms with Gasteiger partial charge in [-0.05, 0) is 60.7 Å². The number of carbonyl (C=O) groups excluding carboxylic acids is 1. The van der Waals surface area contributed by atoms with E-state index in [1.54, 1.807) is 12.1 Å². The summed E-state index contributed by atoms with van der Waals surface area (Å²) in [7, 11) is 0. The van der Waals surface area contributed by atoms with Gasteiger partial charge in [0.25, 0.3) is 0 Å². The first-order chi connectivity index (χ1) is 17.1. The second-order valence-electron chi connectivity index (χ2n) is 8.07. The minimum Gasteiger partial charge on any atom is -0.494 e. The Labute approximate surface area is 204 Å². The predicted octanol–water partition coefficient (Wildman–Crippen LogP) is 6.47. The number of hydrogen-bond donors (Lipinski definition) is 0. The van der Waals surface area contributed by atoms with Gasteiger partial charge in [0.15, 0.2) is 0 Å². The monoisotopic (exact) mass is 472 g/mol. The van der Waals surface area contributed by atoms with E-state index in [0.29, 0.717) is 35.5 Å². The molecule has 4 rings (SSSR count). The number of benzene rings is 3. The molecule has 0 N–H and O–H groups in total. The third-order valence-corrected chi connectivity index (χ3v) is 5.65. The van der Waals surface area contributed by atoms with Crippen LogP contribution in [0.15, 0.2) is 82.2 Å². The lowest BCUT2D eigenvalue weighted by atomic mass is 10.1. The molecule has 6 heteroatoms. The fourth-order valence-electron chi connectivity index (χ4n) is 3.65. The van der Waals surface area contributed by atoms with E-state index < -0.39 is 0 Å². The molecule has 0 spiro atoms. The quantitative estimate of drug-likeness (QED) is 0.149. The van der Waals surface area contributed by atoms with E-state index in [0.717, 1.165) is 24.2 Å². The number of para-hydroxylation sites is 1. The fourth-order valence-corrected chi connectivity index (χ4v) is 3.65. The second-order valence-corrected chi connectivity index (χ2v) is 8.07. The van der Waals surface area contributed by atoms with Crippen molar-refractivity contribution in [2.24, 2.45) is 0 Å². The molecule has 6 nitrogen and oxygen atoms in total. The van der Waals surface area contributed by atoms with Crippen molar-refractivity contribution in [2.75, 3.05) is 6.61 Å². The number of aryl methyl sites for hydroxylation is 2. The molecular weight excluding hydrogens is 444 g/mol. The van der Waals surface area contributed by atoms with Crippen LogP contribution in [0.3, 0.4) is 0 Å². The molecule has 0 bridgehead atoms.